The lowest BCUT2D eigenvalue weighted by Gasteiger charge is -2.36. The number of benzene rings is 2. The molecule has 0 atom stereocenters. The van der Waals surface area contributed by atoms with Crippen LogP contribution in [0.1, 0.15) is 27.2 Å². The molecule has 3 rings (SSSR count). The van der Waals surface area contributed by atoms with Crippen LogP contribution in [0.25, 0.3) is 21.8 Å². The van der Waals surface area contributed by atoms with Crippen LogP contribution in [0, 0.1) is 10.1 Å². The number of hydrogen-bond donors (Lipinski definition) is 0. The summed E-state index contributed by atoms with van der Waals surface area (Å²) in [5.74, 6) is 0. The van der Waals surface area contributed by atoms with Gasteiger partial charge in [-0.25, -0.2) is 9.99 Å². The van der Waals surface area contributed by atoms with Gasteiger partial charge in [-0.05, 0) is 18.6 Å². The summed E-state index contributed by atoms with van der Waals surface area (Å²) in [4.78, 5) is 16.1. The summed E-state index contributed by atoms with van der Waals surface area (Å²) in [7, 11) is 0. The molecule has 6 heteroatoms. The zero-order valence-corrected chi connectivity index (χ0v) is 15.5. The number of hydrazine groups is 1. The van der Waals surface area contributed by atoms with Gasteiger partial charge in [-0.1, -0.05) is 45.0 Å². The molecule has 0 aliphatic carbocycles. The van der Waals surface area contributed by atoms with Gasteiger partial charge in [0.2, 0.25) is 0 Å². The number of hydrogen-bond acceptors (Lipinski definition) is 5. The quantitative estimate of drug-likeness (QED) is 0.348. The Kier molecular flexibility index (Phi) is 5.32. The average molecular weight is 352 g/mol. The number of anilines is 1. The van der Waals surface area contributed by atoms with Crippen molar-refractivity contribution in [1.82, 2.24) is 9.99 Å². The largest absolute Gasteiger partial charge is 0.304 e. The number of nitro groups is 1. The Bertz CT molecular complexity index is 938. The van der Waals surface area contributed by atoms with Crippen molar-refractivity contribution in [2.24, 2.45) is 0 Å². The number of aromatic nitrogens is 1. The van der Waals surface area contributed by atoms with E-state index in [2.05, 4.69) is 35.8 Å². The van der Waals surface area contributed by atoms with Crippen LogP contribution in [-0.4, -0.2) is 34.6 Å². The fourth-order valence-corrected chi connectivity index (χ4v) is 3.49. The molecule has 136 valence electrons. The predicted molar refractivity (Wildman–Crippen MR) is 106 cm³/mol. The van der Waals surface area contributed by atoms with E-state index in [0.717, 1.165) is 42.6 Å². The van der Waals surface area contributed by atoms with Crippen molar-refractivity contribution in [3.8, 4) is 0 Å². The van der Waals surface area contributed by atoms with E-state index >= 15 is 0 Å². The van der Waals surface area contributed by atoms with Crippen molar-refractivity contribution in [3.63, 3.8) is 0 Å². The van der Waals surface area contributed by atoms with Gasteiger partial charge in [0.25, 0.3) is 5.69 Å². The van der Waals surface area contributed by atoms with Crippen LogP contribution in [0.15, 0.2) is 42.5 Å². The van der Waals surface area contributed by atoms with Crippen molar-refractivity contribution in [2.75, 3.05) is 24.6 Å². The Labute approximate surface area is 153 Å². The van der Waals surface area contributed by atoms with Gasteiger partial charge in [0.05, 0.1) is 21.6 Å². The molecule has 0 fully saturated rings. The molecular weight excluding hydrogens is 328 g/mol. The topological polar surface area (TPSA) is 62.5 Å². The van der Waals surface area contributed by atoms with Crippen LogP contribution in [-0.2, 0) is 0 Å². The van der Waals surface area contributed by atoms with Gasteiger partial charge >= 0.3 is 0 Å². The summed E-state index contributed by atoms with van der Waals surface area (Å²) in [6.07, 6.45) is 0.940. The molecule has 0 bridgehead atoms. The first-order chi connectivity index (χ1) is 12.6. The van der Waals surface area contributed by atoms with Gasteiger partial charge in [0.1, 0.15) is 5.39 Å². The first-order valence-electron chi connectivity index (χ1n) is 9.10. The fraction of sp³-hybridized carbons (Fsp3) is 0.350. The molecule has 0 aliphatic heterocycles. The Morgan fingerprint density at radius 2 is 1.69 bits per heavy atom. The highest BCUT2D eigenvalue weighted by Crippen LogP contribution is 2.39. The lowest BCUT2D eigenvalue weighted by molar-refractivity contribution is -0.383. The number of para-hydroxylation sites is 1. The summed E-state index contributed by atoms with van der Waals surface area (Å²) in [6, 6.07) is 13.0. The van der Waals surface area contributed by atoms with E-state index in [1.165, 1.54) is 0 Å². The van der Waals surface area contributed by atoms with Gasteiger partial charge in [-0.3, -0.25) is 10.1 Å². The van der Waals surface area contributed by atoms with E-state index < -0.39 is 0 Å². The Morgan fingerprint density at radius 3 is 2.35 bits per heavy atom. The molecule has 6 nitrogen and oxygen atoms in total. The number of non-ortho nitro benzene ring substituents is 1. The minimum Gasteiger partial charge on any atom is -0.304 e. The Hall–Kier alpha value is -2.73. The highest BCUT2D eigenvalue weighted by Gasteiger charge is 2.24. The zero-order valence-electron chi connectivity index (χ0n) is 15.5. The van der Waals surface area contributed by atoms with E-state index in [-0.39, 0.29) is 10.6 Å². The highest BCUT2D eigenvalue weighted by molar-refractivity contribution is 6.11. The fourth-order valence-electron chi connectivity index (χ4n) is 3.49. The lowest BCUT2D eigenvalue weighted by Crippen LogP contribution is -2.43. The summed E-state index contributed by atoms with van der Waals surface area (Å²) in [5, 5.41) is 17.7. The van der Waals surface area contributed by atoms with Crippen LogP contribution >= 0.6 is 0 Å². The first kappa shape index (κ1) is 18.1. The monoisotopic (exact) mass is 352 g/mol. The summed E-state index contributed by atoms with van der Waals surface area (Å²) >= 11 is 0. The van der Waals surface area contributed by atoms with Gasteiger partial charge in [0, 0.05) is 31.1 Å². The average Bonchev–Trinajstić information content (AvgIpc) is 2.65. The van der Waals surface area contributed by atoms with E-state index in [9.17, 15) is 10.1 Å². The molecule has 1 heterocycles. The molecule has 3 aromatic rings. The highest BCUT2D eigenvalue weighted by atomic mass is 16.6. The van der Waals surface area contributed by atoms with Crippen LogP contribution in [0.4, 0.5) is 11.4 Å². The van der Waals surface area contributed by atoms with Crippen LogP contribution in [0.2, 0.25) is 0 Å². The molecule has 0 aliphatic rings. The number of fused-ring (bicyclic) bond motifs is 2. The molecule has 0 N–H and O–H groups in total. The van der Waals surface area contributed by atoms with E-state index in [1.807, 2.05) is 30.3 Å². The minimum absolute atomic E-state index is 0.101. The third-order valence-electron chi connectivity index (χ3n) is 4.62. The van der Waals surface area contributed by atoms with E-state index in [4.69, 9.17) is 0 Å². The minimum atomic E-state index is -0.311. The van der Waals surface area contributed by atoms with Crippen molar-refractivity contribution in [2.45, 2.75) is 27.2 Å². The number of nitro benzene ring substituents is 1. The summed E-state index contributed by atoms with van der Waals surface area (Å²) < 4.78 is 0. The van der Waals surface area contributed by atoms with Crippen LogP contribution in [0.3, 0.4) is 0 Å². The number of rotatable bonds is 7. The molecule has 0 radical (unpaired) electrons. The predicted octanol–water partition coefficient (Wildman–Crippen LogP) is 4.77. The van der Waals surface area contributed by atoms with Gasteiger partial charge in [-0.2, -0.15) is 0 Å². The molecule has 0 saturated carbocycles. The third-order valence-corrected chi connectivity index (χ3v) is 4.62. The van der Waals surface area contributed by atoms with Crippen LogP contribution in [0.5, 0.6) is 0 Å². The molecule has 0 saturated heterocycles. The number of nitrogens with zero attached hydrogens (tertiary/aromatic N) is 4. The smallest absolute Gasteiger partial charge is 0.280 e. The van der Waals surface area contributed by atoms with E-state index in [1.54, 1.807) is 12.1 Å². The third kappa shape index (κ3) is 3.08. The van der Waals surface area contributed by atoms with Gasteiger partial charge in [0.15, 0.2) is 0 Å². The molecular formula is C20H24N4O2. The SMILES string of the molecule is CCCN(c1c2ccccc2nc2cccc([N+](=O)[O-])c12)N(CC)CC. The standard InChI is InChI=1S/C20H24N4O2/c1-4-14-23(22(5-2)6-3)20-15-10-7-8-11-16(15)21-17-12-9-13-18(19(17)20)24(25)26/h7-13H,4-6,14H2,1-3H3. The normalized spacial score (nSPS) is 11.4. The number of pyridine rings is 1. The van der Waals surface area contributed by atoms with Gasteiger partial charge in [-0.15, -0.1) is 0 Å². The van der Waals surface area contributed by atoms with Crippen LogP contribution < -0.4 is 5.01 Å². The molecule has 2 aromatic carbocycles. The maximum absolute atomic E-state index is 11.7. The maximum atomic E-state index is 11.7. The Morgan fingerprint density at radius 1 is 1.00 bits per heavy atom. The second-order valence-corrected chi connectivity index (χ2v) is 6.17. The van der Waals surface area contributed by atoms with Crippen molar-refractivity contribution >= 4 is 33.2 Å². The first-order valence-corrected chi connectivity index (χ1v) is 9.10. The van der Waals surface area contributed by atoms with Crippen molar-refractivity contribution in [1.29, 1.82) is 0 Å². The van der Waals surface area contributed by atoms with E-state index in [0.29, 0.717) is 10.9 Å². The second kappa shape index (κ2) is 7.66. The molecule has 0 spiro atoms. The Balaban J connectivity index is 2.46. The molecule has 1 aromatic heterocycles. The summed E-state index contributed by atoms with van der Waals surface area (Å²) in [5.41, 5.74) is 2.48. The zero-order chi connectivity index (χ0) is 18.7. The summed E-state index contributed by atoms with van der Waals surface area (Å²) in [6.45, 7) is 8.77. The van der Waals surface area contributed by atoms with Gasteiger partial charge < -0.3 is 5.01 Å². The molecule has 0 amide bonds. The second-order valence-electron chi connectivity index (χ2n) is 6.17. The lowest BCUT2D eigenvalue weighted by atomic mass is 10.1. The van der Waals surface area contributed by atoms with Crippen molar-refractivity contribution < 1.29 is 4.92 Å². The molecule has 0 unspecified atom stereocenters. The maximum Gasteiger partial charge on any atom is 0.280 e. The molecule has 26 heavy (non-hydrogen) atoms. The van der Waals surface area contributed by atoms with Crippen molar-refractivity contribution in [3.05, 3.63) is 52.6 Å².